The molecular weight excluding hydrogens is 208 g/mol. The third kappa shape index (κ3) is 2.95. The van der Waals surface area contributed by atoms with Crippen LogP contribution in [0.5, 0.6) is 0 Å². The van der Waals surface area contributed by atoms with Gasteiger partial charge in [-0.05, 0) is 24.8 Å². The van der Waals surface area contributed by atoms with Crippen LogP contribution in [0.3, 0.4) is 0 Å². The molecule has 1 aliphatic rings. The van der Waals surface area contributed by atoms with Gasteiger partial charge >= 0.3 is 5.97 Å². The summed E-state index contributed by atoms with van der Waals surface area (Å²) in [5, 5.41) is 11.8. The zero-order valence-electron chi connectivity index (χ0n) is 10.1. The molecule has 1 saturated heterocycles. The van der Waals surface area contributed by atoms with Crippen molar-refractivity contribution in [3.8, 4) is 0 Å². The van der Waals surface area contributed by atoms with Gasteiger partial charge in [0.15, 0.2) is 0 Å². The van der Waals surface area contributed by atoms with E-state index in [0.717, 1.165) is 19.4 Å². The van der Waals surface area contributed by atoms with Gasteiger partial charge in [-0.2, -0.15) is 0 Å². The molecule has 0 aromatic carbocycles. The minimum atomic E-state index is -0.982. The summed E-state index contributed by atoms with van der Waals surface area (Å²) in [5.74, 6) is -1.11. The largest absolute Gasteiger partial charge is 0.480 e. The van der Waals surface area contributed by atoms with Crippen LogP contribution in [0.25, 0.3) is 0 Å². The molecule has 0 radical (unpaired) electrons. The van der Waals surface area contributed by atoms with Crippen LogP contribution in [0.1, 0.15) is 26.7 Å². The van der Waals surface area contributed by atoms with Gasteiger partial charge in [-0.25, -0.2) is 0 Å². The quantitative estimate of drug-likeness (QED) is 0.729. The molecule has 0 bridgehead atoms. The smallest absolute Gasteiger partial charge is 0.323 e. The van der Waals surface area contributed by atoms with E-state index in [1.54, 1.807) is 0 Å². The molecule has 1 atom stereocenters. The molecule has 5 nitrogen and oxygen atoms in total. The Hall–Kier alpha value is -1.10. The topological polar surface area (TPSA) is 69.6 Å². The van der Waals surface area contributed by atoms with Gasteiger partial charge < -0.3 is 15.3 Å². The van der Waals surface area contributed by atoms with Crippen molar-refractivity contribution >= 4 is 11.9 Å². The Balaban J connectivity index is 2.68. The number of aliphatic carboxylic acids is 1. The third-order valence-corrected chi connectivity index (χ3v) is 3.12. The number of carbonyl (C=O) groups excluding carboxylic acids is 1. The first kappa shape index (κ1) is 13.0. The van der Waals surface area contributed by atoms with E-state index >= 15 is 0 Å². The monoisotopic (exact) mass is 228 g/mol. The first-order valence-electron chi connectivity index (χ1n) is 5.55. The average molecular weight is 228 g/mol. The lowest BCUT2D eigenvalue weighted by atomic mass is 9.77. The number of carbonyl (C=O) groups is 2. The molecule has 0 aromatic heterocycles. The fourth-order valence-corrected chi connectivity index (χ4v) is 2.13. The van der Waals surface area contributed by atoms with Gasteiger partial charge in [0.2, 0.25) is 5.91 Å². The Kier molecular flexibility index (Phi) is 3.91. The Labute approximate surface area is 95.8 Å². The minimum Gasteiger partial charge on any atom is -0.480 e. The van der Waals surface area contributed by atoms with Crippen LogP contribution < -0.4 is 5.32 Å². The van der Waals surface area contributed by atoms with E-state index in [1.165, 1.54) is 11.9 Å². The Morgan fingerprint density at radius 3 is 2.62 bits per heavy atom. The molecular formula is C11H20N2O3. The standard InChI is InChI=1S/C11H20N2O3/c1-11(2)5-4-6-12-9(11)10(16)13(3)7-8(14)15/h9,12H,4-7H2,1-3H3,(H,14,15). The van der Waals surface area contributed by atoms with Crippen molar-refractivity contribution in [3.05, 3.63) is 0 Å². The number of amides is 1. The van der Waals surface area contributed by atoms with E-state index in [9.17, 15) is 9.59 Å². The van der Waals surface area contributed by atoms with Crippen LogP contribution in [0.15, 0.2) is 0 Å². The highest BCUT2D eigenvalue weighted by Gasteiger charge is 2.38. The van der Waals surface area contributed by atoms with Crippen LogP contribution in [-0.2, 0) is 9.59 Å². The summed E-state index contributed by atoms with van der Waals surface area (Å²) in [6, 6.07) is -0.273. The molecule has 1 heterocycles. The predicted octanol–water partition coefficient (Wildman–Crippen LogP) is 0.308. The van der Waals surface area contributed by atoms with Gasteiger partial charge in [0.25, 0.3) is 0 Å². The number of nitrogens with one attached hydrogen (secondary N) is 1. The fourth-order valence-electron chi connectivity index (χ4n) is 2.13. The van der Waals surface area contributed by atoms with E-state index < -0.39 is 5.97 Å². The number of hydrogen-bond donors (Lipinski definition) is 2. The summed E-state index contributed by atoms with van der Waals surface area (Å²) < 4.78 is 0. The van der Waals surface area contributed by atoms with Crippen LogP contribution in [0, 0.1) is 5.41 Å². The van der Waals surface area contributed by atoms with Gasteiger partial charge in [0.1, 0.15) is 6.54 Å². The van der Waals surface area contributed by atoms with E-state index in [2.05, 4.69) is 5.32 Å². The zero-order chi connectivity index (χ0) is 12.3. The minimum absolute atomic E-state index is 0.109. The van der Waals surface area contributed by atoms with E-state index in [-0.39, 0.29) is 23.9 Å². The molecule has 0 saturated carbocycles. The van der Waals surface area contributed by atoms with Crippen molar-refractivity contribution < 1.29 is 14.7 Å². The van der Waals surface area contributed by atoms with Crippen molar-refractivity contribution in [2.24, 2.45) is 5.41 Å². The van der Waals surface area contributed by atoms with Gasteiger partial charge in [-0.3, -0.25) is 9.59 Å². The van der Waals surface area contributed by atoms with E-state index in [4.69, 9.17) is 5.11 Å². The highest BCUT2D eigenvalue weighted by atomic mass is 16.4. The molecule has 1 rings (SSSR count). The van der Waals surface area contributed by atoms with E-state index in [1.807, 2.05) is 13.8 Å². The predicted molar refractivity (Wildman–Crippen MR) is 60.1 cm³/mol. The highest BCUT2D eigenvalue weighted by Crippen LogP contribution is 2.30. The summed E-state index contributed by atoms with van der Waals surface area (Å²) >= 11 is 0. The van der Waals surface area contributed by atoms with Crippen LogP contribution in [0.4, 0.5) is 0 Å². The maximum atomic E-state index is 12.0. The Morgan fingerprint density at radius 2 is 2.12 bits per heavy atom. The molecule has 16 heavy (non-hydrogen) atoms. The molecule has 2 N–H and O–H groups in total. The van der Waals surface area contributed by atoms with Gasteiger partial charge in [0.05, 0.1) is 6.04 Å². The lowest BCUT2D eigenvalue weighted by Crippen LogP contribution is -2.56. The number of likely N-dealkylation sites (N-methyl/N-ethyl adjacent to an activating group) is 1. The van der Waals surface area contributed by atoms with Crippen molar-refractivity contribution in [2.45, 2.75) is 32.7 Å². The fraction of sp³-hybridized carbons (Fsp3) is 0.818. The lowest BCUT2D eigenvalue weighted by molar-refractivity contribution is -0.146. The SMILES string of the molecule is CN(CC(=O)O)C(=O)C1NCCCC1(C)C. The van der Waals surface area contributed by atoms with Crippen molar-refractivity contribution in [3.63, 3.8) is 0 Å². The summed E-state index contributed by atoms with van der Waals surface area (Å²) in [6.45, 7) is 4.65. The van der Waals surface area contributed by atoms with Crippen LogP contribution in [-0.4, -0.2) is 48.1 Å². The van der Waals surface area contributed by atoms with E-state index in [0.29, 0.717) is 0 Å². The molecule has 1 unspecified atom stereocenters. The van der Waals surface area contributed by atoms with Crippen molar-refractivity contribution in [2.75, 3.05) is 20.1 Å². The molecule has 0 aromatic rings. The normalized spacial score (nSPS) is 23.8. The molecule has 1 aliphatic heterocycles. The second-order valence-electron chi connectivity index (χ2n) is 5.07. The van der Waals surface area contributed by atoms with Gasteiger partial charge in [0, 0.05) is 7.05 Å². The number of carboxylic acids is 1. The number of piperidine rings is 1. The van der Waals surface area contributed by atoms with Crippen LogP contribution in [0.2, 0.25) is 0 Å². The van der Waals surface area contributed by atoms with Gasteiger partial charge in [-0.15, -0.1) is 0 Å². The third-order valence-electron chi connectivity index (χ3n) is 3.12. The highest BCUT2D eigenvalue weighted by molar-refractivity contribution is 5.85. The first-order valence-corrected chi connectivity index (χ1v) is 5.55. The molecule has 92 valence electrons. The Morgan fingerprint density at radius 1 is 1.50 bits per heavy atom. The second-order valence-corrected chi connectivity index (χ2v) is 5.07. The zero-order valence-corrected chi connectivity index (χ0v) is 10.1. The molecule has 0 aliphatic carbocycles. The summed E-state index contributed by atoms with van der Waals surface area (Å²) in [7, 11) is 1.53. The summed E-state index contributed by atoms with van der Waals surface area (Å²) in [4.78, 5) is 23.9. The average Bonchev–Trinajstić information content (AvgIpc) is 2.15. The Bertz CT molecular complexity index is 289. The summed E-state index contributed by atoms with van der Waals surface area (Å²) in [6.07, 6.45) is 2.04. The molecule has 5 heteroatoms. The maximum absolute atomic E-state index is 12.0. The first-order chi connectivity index (χ1) is 7.34. The second kappa shape index (κ2) is 4.82. The number of rotatable bonds is 3. The summed E-state index contributed by atoms with van der Waals surface area (Å²) in [5.41, 5.74) is -0.109. The van der Waals surface area contributed by atoms with Gasteiger partial charge in [-0.1, -0.05) is 13.8 Å². The number of hydrogen-bond acceptors (Lipinski definition) is 3. The lowest BCUT2D eigenvalue weighted by Gasteiger charge is -2.39. The van der Waals surface area contributed by atoms with Crippen molar-refractivity contribution in [1.82, 2.24) is 10.2 Å². The maximum Gasteiger partial charge on any atom is 0.323 e. The number of nitrogens with zero attached hydrogens (tertiary/aromatic N) is 1. The molecule has 1 fully saturated rings. The van der Waals surface area contributed by atoms with Crippen molar-refractivity contribution in [1.29, 1.82) is 0 Å². The molecule has 1 amide bonds. The number of carboxylic acid groups (broad SMARTS) is 1. The molecule has 0 spiro atoms. The van der Waals surface area contributed by atoms with Crippen LogP contribution >= 0.6 is 0 Å².